The molecule has 0 saturated heterocycles. The van der Waals surface area contributed by atoms with E-state index in [1.807, 2.05) is 0 Å². The molecule has 0 aliphatic heterocycles. The first kappa shape index (κ1) is 6.89. The molecule has 0 aromatic heterocycles. The topological polar surface area (TPSA) is 38.4 Å². The van der Waals surface area contributed by atoms with Crippen molar-refractivity contribution >= 4 is 5.84 Å². The number of amidine groups is 1. The van der Waals surface area contributed by atoms with Crippen LogP contribution in [0.4, 0.5) is 0 Å². The summed E-state index contributed by atoms with van der Waals surface area (Å²) in [7, 11) is 1.78. The minimum absolute atomic E-state index is 0.551. The predicted molar refractivity (Wildman–Crippen MR) is 46.4 cm³/mol. The molecule has 2 aliphatic carbocycles. The molecule has 11 heavy (non-hydrogen) atoms. The third-order valence-electron chi connectivity index (χ3n) is 2.92. The van der Waals surface area contributed by atoms with Crippen LogP contribution in [-0.2, 0) is 0 Å². The van der Waals surface area contributed by atoms with Gasteiger partial charge < -0.3 is 5.73 Å². The van der Waals surface area contributed by atoms with Crippen molar-refractivity contribution in [2.24, 2.45) is 28.5 Å². The Balaban J connectivity index is 2.14. The van der Waals surface area contributed by atoms with Crippen LogP contribution >= 0.6 is 0 Å². The number of rotatable bonds is 1. The molecule has 2 bridgehead atoms. The first-order valence-electron chi connectivity index (χ1n) is 4.21. The first-order chi connectivity index (χ1) is 5.31. The van der Waals surface area contributed by atoms with Gasteiger partial charge in [-0.3, -0.25) is 4.99 Å². The van der Waals surface area contributed by atoms with Crippen molar-refractivity contribution in [3.8, 4) is 0 Å². The van der Waals surface area contributed by atoms with Crippen LogP contribution in [0.3, 0.4) is 0 Å². The number of aliphatic imine (C=N–C) groups is 1. The maximum atomic E-state index is 5.78. The molecule has 0 aromatic carbocycles. The quantitative estimate of drug-likeness (QED) is 0.340. The Bertz CT molecular complexity index is 218. The normalized spacial score (nSPS) is 41.9. The largest absolute Gasteiger partial charge is 0.387 e. The van der Waals surface area contributed by atoms with Crippen LogP contribution in [0.2, 0.25) is 0 Å². The Kier molecular flexibility index (Phi) is 1.48. The molecular weight excluding hydrogens is 136 g/mol. The molecule has 2 N–H and O–H groups in total. The summed E-state index contributed by atoms with van der Waals surface area (Å²) in [6, 6.07) is 0. The number of nitrogens with two attached hydrogens (primary N) is 1. The lowest BCUT2D eigenvalue weighted by Gasteiger charge is -2.16. The zero-order valence-electron chi connectivity index (χ0n) is 6.83. The van der Waals surface area contributed by atoms with Gasteiger partial charge in [0.05, 0.1) is 5.84 Å². The van der Waals surface area contributed by atoms with Gasteiger partial charge >= 0.3 is 0 Å². The fourth-order valence-corrected chi connectivity index (χ4v) is 2.29. The average Bonchev–Trinajstić information content (AvgIpc) is 2.62. The molecule has 0 aromatic rings. The molecule has 1 fully saturated rings. The lowest BCUT2D eigenvalue weighted by molar-refractivity contribution is 0.579. The summed E-state index contributed by atoms with van der Waals surface area (Å²) in [5.41, 5.74) is 5.78. The van der Waals surface area contributed by atoms with Crippen molar-refractivity contribution in [3.05, 3.63) is 12.2 Å². The van der Waals surface area contributed by atoms with E-state index >= 15 is 0 Å². The second-order valence-electron chi connectivity index (χ2n) is 3.54. The van der Waals surface area contributed by atoms with Gasteiger partial charge in [-0.05, 0) is 24.7 Å². The van der Waals surface area contributed by atoms with E-state index in [0.29, 0.717) is 11.8 Å². The second kappa shape index (κ2) is 2.36. The molecular formula is C9H14N2. The molecule has 0 heterocycles. The first-order valence-corrected chi connectivity index (χ1v) is 4.21. The van der Waals surface area contributed by atoms with Crippen LogP contribution < -0.4 is 5.73 Å². The highest BCUT2D eigenvalue weighted by atomic mass is 14.8. The standard InChI is InChI=1S/C9H14N2/c1-11-9(10)8-5-6-2-3-7(8)4-6/h2-3,6-8H,4-5H2,1H3,(H2,10,11). The maximum absolute atomic E-state index is 5.78. The molecule has 2 heteroatoms. The van der Waals surface area contributed by atoms with Gasteiger partial charge in [0.1, 0.15) is 0 Å². The SMILES string of the molecule is CN=C(N)C1CC2C=CC1C2. The van der Waals surface area contributed by atoms with Crippen molar-refractivity contribution in [3.63, 3.8) is 0 Å². The summed E-state index contributed by atoms with van der Waals surface area (Å²) in [6.45, 7) is 0. The van der Waals surface area contributed by atoms with Crippen LogP contribution in [0.5, 0.6) is 0 Å². The smallest absolute Gasteiger partial charge is 0.0971 e. The van der Waals surface area contributed by atoms with Crippen LogP contribution in [0.25, 0.3) is 0 Å². The summed E-state index contributed by atoms with van der Waals surface area (Å²) >= 11 is 0. The van der Waals surface area contributed by atoms with Crippen LogP contribution in [0, 0.1) is 17.8 Å². The average molecular weight is 150 g/mol. The van der Waals surface area contributed by atoms with Crippen LogP contribution in [0.1, 0.15) is 12.8 Å². The minimum atomic E-state index is 0.551. The fraction of sp³-hybridized carbons (Fsp3) is 0.667. The summed E-state index contributed by atoms with van der Waals surface area (Å²) < 4.78 is 0. The van der Waals surface area contributed by atoms with Gasteiger partial charge in [0.25, 0.3) is 0 Å². The second-order valence-corrected chi connectivity index (χ2v) is 3.54. The number of hydrogen-bond acceptors (Lipinski definition) is 1. The van der Waals surface area contributed by atoms with E-state index in [0.717, 1.165) is 11.8 Å². The zero-order chi connectivity index (χ0) is 7.84. The molecule has 0 amide bonds. The number of allylic oxidation sites excluding steroid dienone is 2. The van der Waals surface area contributed by atoms with Gasteiger partial charge in [-0.15, -0.1) is 0 Å². The highest BCUT2D eigenvalue weighted by Crippen LogP contribution is 2.43. The van der Waals surface area contributed by atoms with Crippen molar-refractivity contribution in [1.82, 2.24) is 0 Å². The predicted octanol–water partition coefficient (Wildman–Crippen LogP) is 1.19. The maximum Gasteiger partial charge on any atom is 0.0971 e. The Hall–Kier alpha value is -0.790. The van der Waals surface area contributed by atoms with E-state index in [1.54, 1.807) is 7.05 Å². The van der Waals surface area contributed by atoms with Crippen LogP contribution in [0.15, 0.2) is 17.1 Å². The molecule has 60 valence electrons. The summed E-state index contributed by atoms with van der Waals surface area (Å²) in [5, 5.41) is 0. The van der Waals surface area contributed by atoms with E-state index < -0.39 is 0 Å². The number of hydrogen-bond donors (Lipinski definition) is 1. The zero-order valence-corrected chi connectivity index (χ0v) is 6.83. The Morgan fingerprint density at radius 1 is 1.45 bits per heavy atom. The summed E-state index contributed by atoms with van der Waals surface area (Å²) in [5.74, 6) is 2.89. The molecule has 2 rings (SSSR count). The molecule has 2 aliphatic rings. The number of nitrogens with zero attached hydrogens (tertiary/aromatic N) is 1. The van der Waals surface area contributed by atoms with Gasteiger partial charge in [-0.2, -0.15) is 0 Å². The molecule has 0 radical (unpaired) electrons. The molecule has 1 saturated carbocycles. The van der Waals surface area contributed by atoms with E-state index in [-0.39, 0.29) is 0 Å². The Morgan fingerprint density at radius 3 is 2.73 bits per heavy atom. The van der Waals surface area contributed by atoms with Gasteiger partial charge in [0, 0.05) is 13.0 Å². The highest BCUT2D eigenvalue weighted by Gasteiger charge is 2.37. The van der Waals surface area contributed by atoms with E-state index in [4.69, 9.17) is 5.73 Å². The van der Waals surface area contributed by atoms with Crippen molar-refractivity contribution in [2.75, 3.05) is 7.05 Å². The van der Waals surface area contributed by atoms with Gasteiger partial charge in [-0.1, -0.05) is 12.2 Å². The molecule has 3 unspecified atom stereocenters. The Morgan fingerprint density at radius 2 is 2.27 bits per heavy atom. The van der Waals surface area contributed by atoms with Gasteiger partial charge in [-0.25, -0.2) is 0 Å². The molecule has 2 nitrogen and oxygen atoms in total. The van der Waals surface area contributed by atoms with Crippen molar-refractivity contribution in [2.45, 2.75) is 12.8 Å². The lowest BCUT2D eigenvalue weighted by atomic mass is 9.93. The van der Waals surface area contributed by atoms with Gasteiger partial charge in [0.2, 0.25) is 0 Å². The van der Waals surface area contributed by atoms with Gasteiger partial charge in [0.15, 0.2) is 0 Å². The molecule has 3 atom stereocenters. The molecule has 0 spiro atoms. The van der Waals surface area contributed by atoms with Crippen molar-refractivity contribution in [1.29, 1.82) is 0 Å². The Labute approximate surface area is 67.2 Å². The summed E-state index contributed by atoms with van der Waals surface area (Å²) in [6.07, 6.45) is 7.16. The highest BCUT2D eigenvalue weighted by molar-refractivity contribution is 5.83. The summed E-state index contributed by atoms with van der Waals surface area (Å²) in [4.78, 5) is 4.05. The fourth-order valence-electron chi connectivity index (χ4n) is 2.29. The number of fused-ring (bicyclic) bond motifs is 2. The monoisotopic (exact) mass is 150 g/mol. The van der Waals surface area contributed by atoms with Crippen molar-refractivity contribution < 1.29 is 0 Å². The third kappa shape index (κ3) is 0.971. The lowest BCUT2D eigenvalue weighted by Crippen LogP contribution is -2.26. The minimum Gasteiger partial charge on any atom is -0.387 e. The van der Waals surface area contributed by atoms with Crippen LogP contribution in [-0.4, -0.2) is 12.9 Å². The van der Waals surface area contributed by atoms with E-state index in [1.165, 1.54) is 12.8 Å². The van der Waals surface area contributed by atoms with E-state index in [9.17, 15) is 0 Å². The van der Waals surface area contributed by atoms with E-state index in [2.05, 4.69) is 17.1 Å². The third-order valence-corrected chi connectivity index (χ3v) is 2.92.